The zero-order valence-electron chi connectivity index (χ0n) is 12.7. The van der Waals surface area contributed by atoms with Gasteiger partial charge in [-0.2, -0.15) is 0 Å². The lowest BCUT2D eigenvalue weighted by molar-refractivity contribution is -0.142. The minimum absolute atomic E-state index is 0.0930. The molecule has 0 saturated heterocycles. The van der Waals surface area contributed by atoms with Crippen molar-refractivity contribution in [2.75, 3.05) is 6.54 Å². The lowest BCUT2D eigenvalue weighted by Gasteiger charge is -2.28. The highest BCUT2D eigenvalue weighted by Gasteiger charge is 2.25. The Kier molecular flexibility index (Phi) is 8.11. The second-order valence-corrected chi connectivity index (χ2v) is 6.09. The molecule has 1 fully saturated rings. The van der Waals surface area contributed by atoms with Crippen LogP contribution in [0.25, 0.3) is 0 Å². The summed E-state index contributed by atoms with van der Waals surface area (Å²) < 4.78 is 0. The maximum Gasteiger partial charge on any atom is 0.306 e. The Hall–Kier alpha value is -0.570. The zero-order chi connectivity index (χ0) is 14.1. The summed E-state index contributed by atoms with van der Waals surface area (Å²) in [5.74, 6) is 0.108. The Morgan fingerprint density at radius 2 is 1.84 bits per heavy atom. The van der Waals surface area contributed by atoms with Crippen LogP contribution in [0.2, 0.25) is 0 Å². The molecule has 0 aromatic heterocycles. The van der Waals surface area contributed by atoms with Crippen molar-refractivity contribution in [3.63, 3.8) is 0 Å². The normalized spacial score (nSPS) is 25.2. The molecule has 0 aliphatic heterocycles. The molecule has 1 unspecified atom stereocenters. The molecule has 112 valence electrons. The van der Waals surface area contributed by atoms with Gasteiger partial charge in [0, 0.05) is 6.04 Å². The third-order valence-electron chi connectivity index (χ3n) is 4.43. The highest BCUT2D eigenvalue weighted by atomic mass is 16.4. The van der Waals surface area contributed by atoms with Crippen LogP contribution in [0.5, 0.6) is 0 Å². The fourth-order valence-electron chi connectivity index (χ4n) is 3.13. The summed E-state index contributed by atoms with van der Waals surface area (Å²) in [4.78, 5) is 10.9. The molecule has 1 saturated carbocycles. The van der Waals surface area contributed by atoms with Gasteiger partial charge >= 0.3 is 5.97 Å². The molecule has 1 aliphatic rings. The van der Waals surface area contributed by atoms with E-state index in [-0.39, 0.29) is 5.92 Å². The predicted octanol–water partition coefficient (Wildman–Crippen LogP) is 3.83. The molecule has 1 atom stereocenters. The van der Waals surface area contributed by atoms with Gasteiger partial charge < -0.3 is 10.4 Å². The van der Waals surface area contributed by atoms with E-state index in [2.05, 4.69) is 19.2 Å². The van der Waals surface area contributed by atoms with Crippen LogP contribution < -0.4 is 5.32 Å². The lowest BCUT2D eigenvalue weighted by Crippen LogP contribution is -2.37. The summed E-state index contributed by atoms with van der Waals surface area (Å²) in [5.41, 5.74) is 0. The number of unbranched alkanes of at least 4 members (excludes halogenated alkanes) is 1. The fraction of sp³-hybridized carbons (Fsp3) is 0.938. The highest BCUT2D eigenvalue weighted by molar-refractivity contribution is 5.70. The van der Waals surface area contributed by atoms with Crippen LogP contribution in [0.15, 0.2) is 0 Å². The van der Waals surface area contributed by atoms with Gasteiger partial charge in [-0.05, 0) is 51.0 Å². The first-order valence-corrected chi connectivity index (χ1v) is 8.13. The molecule has 1 rings (SSSR count). The van der Waals surface area contributed by atoms with Crippen LogP contribution in [0.4, 0.5) is 0 Å². The van der Waals surface area contributed by atoms with Crippen molar-refractivity contribution in [1.29, 1.82) is 0 Å². The van der Waals surface area contributed by atoms with E-state index in [9.17, 15) is 4.79 Å². The molecule has 0 heterocycles. The highest BCUT2D eigenvalue weighted by Crippen LogP contribution is 2.25. The van der Waals surface area contributed by atoms with Gasteiger partial charge in [-0.15, -0.1) is 0 Å². The molecule has 2 N–H and O–H groups in total. The van der Waals surface area contributed by atoms with Crippen LogP contribution in [0.3, 0.4) is 0 Å². The Labute approximate surface area is 118 Å². The average Bonchev–Trinajstić information content (AvgIpc) is 2.42. The summed E-state index contributed by atoms with van der Waals surface area (Å²) in [7, 11) is 0. The number of nitrogens with one attached hydrogen (secondary N) is 1. The molecule has 0 amide bonds. The van der Waals surface area contributed by atoms with E-state index in [1.54, 1.807) is 0 Å². The zero-order valence-corrected chi connectivity index (χ0v) is 12.7. The molecule has 0 aromatic rings. The number of aliphatic carboxylic acids is 1. The maximum absolute atomic E-state index is 10.9. The van der Waals surface area contributed by atoms with E-state index >= 15 is 0 Å². The molecule has 3 nitrogen and oxygen atoms in total. The molecular formula is C16H31NO2. The van der Waals surface area contributed by atoms with Crippen LogP contribution >= 0.6 is 0 Å². The fourth-order valence-corrected chi connectivity index (χ4v) is 3.13. The predicted molar refractivity (Wildman–Crippen MR) is 79.3 cm³/mol. The largest absolute Gasteiger partial charge is 0.481 e. The minimum atomic E-state index is -0.606. The summed E-state index contributed by atoms with van der Waals surface area (Å²) in [6.07, 6.45) is 10.3. The van der Waals surface area contributed by atoms with Crippen molar-refractivity contribution in [3.05, 3.63) is 0 Å². The summed E-state index contributed by atoms with van der Waals surface area (Å²) >= 11 is 0. The smallest absolute Gasteiger partial charge is 0.306 e. The molecule has 0 radical (unpaired) electrons. The molecule has 0 bridgehead atoms. The van der Waals surface area contributed by atoms with Crippen LogP contribution in [0.1, 0.15) is 71.6 Å². The van der Waals surface area contributed by atoms with E-state index in [1.165, 1.54) is 32.1 Å². The second kappa shape index (κ2) is 9.35. The Morgan fingerprint density at radius 3 is 2.37 bits per heavy atom. The van der Waals surface area contributed by atoms with Gasteiger partial charge in [0.2, 0.25) is 0 Å². The Balaban J connectivity index is 2.21. The van der Waals surface area contributed by atoms with Crippen molar-refractivity contribution in [3.8, 4) is 0 Å². The average molecular weight is 269 g/mol. The van der Waals surface area contributed by atoms with Gasteiger partial charge in [0.25, 0.3) is 0 Å². The molecule has 3 heteroatoms. The standard InChI is InChI=1S/C16H31NO2/c1-3-5-7-13(6-4-2)12-17-15-10-8-14(9-11-15)16(18)19/h13-15,17H,3-12H2,1-2H3,(H,18,19). The minimum Gasteiger partial charge on any atom is -0.481 e. The van der Waals surface area contributed by atoms with Gasteiger partial charge in [0.05, 0.1) is 5.92 Å². The number of hydrogen-bond donors (Lipinski definition) is 2. The van der Waals surface area contributed by atoms with E-state index in [4.69, 9.17) is 5.11 Å². The van der Waals surface area contributed by atoms with Crippen LogP contribution in [-0.4, -0.2) is 23.7 Å². The monoisotopic (exact) mass is 269 g/mol. The number of hydrogen-bond acceptors (Lipinski definition) is 2. The third-order valence-corrected chi connectivity index (χ3v) is 4.43. The number of carbonyl (C=O) groups is 1. The van der Waals surface area contributed by atoms with Crippen molar-refractivity contribution < 1.29 is 9.90 Å². The molecule has 19 heavy (non-hydrogen) atoms. The second-order valence-electron chi connectivity index (χ2n) is 6.09. The SMILES string of the molecule is CCCCC(CCC)CNC1CCC(C(=O)O)CC1. The van der Waals surface area contributed by atoms with Crippen molar-refractivity contribution in [2.45, 2.75) is 77.7 Å². The number of carboxylic acids is 1. The first-order valence-electron chi connectivity index (χ1n) is 8.13. The summed E-state index contributed by atoms with van der Waals surface area (Å²) in [5, 5.41) is 12.7. The van der Waals surface area contributed by atoms with E-state index in [0.717, 1.165) is 38.1 Å². The Bertz CT molecular complexity index is 247. The van der Waals surface area contributed by atoms with Gasteiger partial charge in [0.15, 0.2) is 0 Å². The van der Waals surface area contributed by atoms with Crippen molar-refractivity contribution in [2.24, 2.45) is 11.8 Å². The van der Waals surface area contributed by atoms with E-state index in [1.807, 2.05) is 0 Å². The summed E-state index contributed by atoms with van der Waals surface area (Å²) in [6.45, 7) is 5.64. The van der Waals surface area contributed by atoms with E-state index in [0.29, 0.717) is 6.04 Å². The Morgan fingerprint density at radius 1 is 1.16 bits per heavy atom. The molecular weight excluding hydrogens is 238 g/mol. The third kappa shape index (κ3) is 6.42. The first-order chi connectivity index (χ1) is 9.17. The van der Waals surface area contributed by atoms with Gasteiger partial charge in [-0.1, -0.05) is 33.1 Å². The molecule has 1 aliphatic carbocycles. The van der Waals surface area contributed by atoms with E-state index < -0.39 is 5.97 Å². The van der Waals surface area contributed by atoms with Gasteiger partial charge in [0.1, 0.15) is 0 Å². The number of carboxylic acid groups (broad SMARTS) is 1. The lowest BCUT2D eigenvalue weighted by atomic mass is 9.85. The molecule has 0 aromatic carbocycles. The van der Waals surface area contributed by atoms with Crippen molar-refractivity contribution >= 4 is 5.97 Å². The first kappa shape index (κ1) is 16.5. The van der Waals surface area contributed by atoms with Gasteiger partial charge in [-0.3, -0.25) is 4.79 Å². The molecule has 0 spiro atoms. The van der Waals surface area contributed by atoms with Crippen molar-refractivity contribution in [1.82, 2.24) is 5.32 Å². The summed E-state index contributed by atoms with van der Waals surface area (Å²) in [6, 6.07) is 0.552. The number of rotatable bonds is 9. The van der Waals surface area contributed by atoms with Crippen LogP contribution in [0, 0.1) is 11.8 Å². The topological polar surface area (TPSA) is 49.3 Å². The maximum atomic E-state index is 10.9. The van der Waals surface area contributed by atoms with Gasteiger partial charge in [-0.25, -0.2) is 0 Å². The quantitative estimate of drug-likeness (QED) is 0.669. The van der Waals surface area contributed by atoms with Crippen LogP contribution in [-0.2, 0) is 4.79 Å².